The van der Waals surface area contributed by atoms with Crippen LogP contribution in [0, 0.1) is 5.92 Å². The average molecular weight is 284 g/mol. The number of nitrogens with two attached hydrogens (primary N) is 1. The Morgan fingerprint density at radius 1 is 1.30 bits per heavy atom. The molecule has 3 N–H and O–H groups in total. The molecule has 0 aromatic carbocycles. The molecule has 4 nitrogen and oxygen atoms in total. The lowest BCUT2D eigenvalue weighted by atomic mass is 9.98. The van der Waals surface area contributed by atoms with Gasteiger partial charge in [-0.15, -0.1) is 0 Å². The third-order valence-corrected chi connectivity index (χ3v) is 4.07. The monoisotopic (exact) mass is 284 g/mol. The van der Waals surface area contributed by atoms with Gasteiger partial charge in [0.15, 0.2) is 0 Å². The van der Waals surface area contributed by atoms with Gasteiger partial charge >= 0.3 is 0 Å². The van der Waals surface area contributed by atoms with Crippen LogP contribution in [0.4, 0.5) is 0 Å². The van der Waals surface area contributed by atoms with E-state index in [1.54, 1.807) is 0 Å². The van der Waals surface area contributed by atoms with Crippen LogP contribution in [-0.4, -0.2) is 31.7 Å². The lowest BCUT2D eigenvalue weighted by Crippen LogP contribution is -2.26. The highest BCUT2D eigenvalue weighted by atomic mass is 16.5. The van der Waals surface area contributed by atoms with Crippen molar-refractivity contribution in [3.05, 3.63) is 0 Å². The summed E-state index contributed by atoms with van der Waals surface area (Å²) < 4.78 is 5.83. The molecule has 0 aromatic rings. The second kappa shape index (κ2) is 11.1. The maximum Gasteiger partial charge on any atom is 0.220 e. The molecular weight excluding hydrogens is 252 g/mol. The Kier molecular flexibility index (Phi) is 9.67. The first-order valence-corrected chi connectivity index (χ1v) is 8.30. The van der Waals surface area contributed by atoms with Crippen LogP contribution in [0.1, 0.15) is 64.7 Å². The fourth-order valence-corrected chi connectivity index (χ4v) is 2.68. The summed E-state index contributed by atoms with van der Waals surface area (Å²) >= 11 is 0. The molecule has 1 aliphatic rings. The first kappa shape index (κ1) is 17.4. The van der Waals surface area contributed by atoms with Gasteiger partial charge in [-0.25, -0.2) is 0 Å². The van der Waals surface area contributed by atoms with Gasteiger partial charge in [-0.2, -0.15) is 0 Å². The van der Waals surface area contributed by atoms with E-state index in [0.29, 0.717) is 25.0 Å². The van der Waals surface area contributed by atoms with Crippen molar-refractivity contribution >= 4 is 5.91 Å². The molecule has 0 aliphatic heterocycles. The standard InChI is InChI=1S/C16H32N2O2/c1-14(10-11-17)8-9-16(19)18-12-5-13-20-15-6-3-2-4-7-15/h14-15H,2-13,17H2,1H3,(H,18,19). The number of carbonyl (C=O) groups excluding carboxylic acids is 1. The van der Waals surface area contributed by atoms with E-state index >= 15 is 0 Å². The van der Waals surface area contributed by atoms with Crippen LogP contribution in [-0.2, 0) is 9.53 Å². The molecule has 0 aromatic heterocycles. The van der Waals surface area contributed by atoms with Crippen LogP contribution >= 0.6 is 0 Å². The van der Waals surface area contributed by atoms with E-state index in [4.69, 9.17) is 10.5 Å². The third-order valence-electron chi connectivity index (χ3n) is 4.07. The van der Waals surface area contributed by atoms with E-state index in [1.807, 2.05) is 0 Å². The summed E-state index contributed by atoms with van der Waals surface area (Å²) in [5.74, 6) is 0.701. The summed E-state index contributed by atoms with van der Waals surface area (Å²) in [7, 11) is 0. The average Bonchev–Trinajstić information content (AvgIpc) is 2.46. The number of amides is 1. The van der Waals surface area contributed by atoms with Crippen LogP contribution in [0.5, 0.6) is 0 Å². The Bertz CT molecular complexity index is 253. The predicted octanol–water partition coefficient (Wildman–Crippen LogP) is 2.61. The summed E-state index contributed by atoms with van der Waals surface area (Å²) in [6, 6.07) is 0. The van der Waals surface area contributed by atoms with Crippen LogP contribution in [0.15, 0.2) is 0 Å². The Balaban J connectivity index is 1.91. The van der Waals surface area contributed by atoms with Crippen LogP contribution in [0.25, 0.3) is 0 Å². The zero-order valence-corrected chi connectivity index (χ0v) is 13.0. The summed E-state index contributed by atoms with van der Waals surface area (Å²) in [5, 5.41) is 2.97. The second-order valence-corrected chi connectivity index (χ2v) is 6.06. The van der Waals surface area contributed by atoms with Gasteiger partial charge < -0.3 is 15.8 Å². The van der Waals surface area contributed by atoms with Gasteiger partial charge in [0, 0.05) is 19.6 Å². The maximum absolute atomic E-state index is 11.6. The van der Waals surface area contributed by atoms with Gasteiger partial charge in [-0.3, -0.25) is 4.79 Å². The summed E-state index contributed by atoms with van der Waals surface area (Å²) in [6.07, 6.45) is 10.3. The van der Waals surface area contributed by atoms with Crippen molar-refractivity contribution in [2.24, 2.45) is 11.7 Å². The molecule has 0 bridgehead atoms. The minimum absolute atomic E-state index is 0.159. The smallest absolute Gasteiger partial charge is 0.220 e. The van der Waals surface area contributed by atoms with Crippen molar-refractivity contribution < 1.29 is 9.53 Å². The topological polar surface area (TPSA) is 64.4 Å². The van der Waals surface area contributed by atoms with Gasteiger partial charge in [-0.1, -0.05) is 26.2 Å². The fraction of sp³-hybridized carbons (Fsp3) is 0.938. The van der Waals surface area contributed by atoms with Crippen molar-refractivity contribution in [2.75, 3.05) is 19.7 Å². The van der Waals surface area contributed by atoms with E-state index in [2.05, 4.69) is 12.2 Å². The van der Waals surface area contributed by atoms with Crippen LogP contribution in [0.2, 0.25) is 0 Å². The van der Waals surface area contributed by atoms with E-state index in [0.717, 1.165) is 32.4 Å². The first-order valence-electron chi connectivity index (χ1n) is 8.30. The number of rotatable bonds is 10. The molecule has 1 fully saturated rings. The van der Waals surface area contributed by atoms with Gasteiger partial charge in [0.1, 0.15) is 0 Å². The summed E-state index contributed by atoms with van der Waals surface area (Å²) in [6.45, 7) is 4.37. The Labute approximate surface area is 123 Å². The molecule has 1 atom stereocenters. The number of ether oxygens (including phenoxy) is 1. The van der Waals surface area contributed by atoms with Gasteiger partial charge in [0.25, 0.3) is 0 Å². The van der Waals surface area contributed by atoms with Crippen molar-refractivity contribution in [3.63, 3.8) is 0 Å². The number of hydrogen-bond donors (Lipinski definition) is 2. The molecule has 1 saturated carbocycles. The lowest BCUT2D eigenvalue weighted by Gasteiger charge is -2.21. The molecule has 0 saturated heterocycles. The minimum atomic E-state index is 0.159. The van der Waals surface area contributed by atoms with Crippen molar-refractivity contribution in [2.45, 2.75) is 70.8 Å². The molecule has 0 heterocycles. The molecule has 0 radical (unpaired) electrons. The van der Waals surface area contributed by atoms with E-state index in [1.165, 1.54) is 32.1 Å². The molecule has 1 aliphatic carbocycles. The van der Waals surface area contributed by atoms with Crippen LogP contribution in [0.3, 0.4) is 0 Å². The molecule has 1 amide bonds. The minimum Gasteiger partial charge on any atom is -0.378 e. The predicted molar refractivity (Wildman–Crippen MR) is 82.5 cm³/mol. The van der Waals surface area contributed by atoms with Crippen molar-refractivity contribution in [1.82, 2.24) is 5.32 Å². The Morgan fingerprint density at radius 3 is 2.75 bits per heavy atom. The third kappa shape index (κ3) is 8.54. The number of carbonyl (C=O) groups is 1. The highest BCUT2D eigenvalue weighted by Crippen LogP contribution is 2.20. The highest BCUT2D eigenvalue weighted by Gasteiger charge is 2.13. The SMILES string of the molecule is CC(CCN)CCC(=O)NCCCOC1CCCCC1. The maximum atomic E-state index is 11.6. The number of hydrogen-bond acceptors (Lipinski definition) is 3. The molecule has 1 rings (SSSR count). The molecular formula is C16H32N2O2. The summed E-state index contributed by atoms with van der Waals surface area (Å²) in [5.41, 5.74) is 5.50. The quantitative estimate of drug-likeness (QED) is 0.606. The molecule has 20 heavy (non-hydrogen) atoms. The lowest BCUT2D eigenvalue weighted by molar-refractivity contribution is -0.121. The highest BCUT2D eigenvalue weighted by molar-refractivity contribution is 5.75. The zero-order valence-electron chi connectivity index (χ0n) is 13.0. The van der Waals surface area contributed by atoms with Gasteiger partial charge in [-0.05, 0) is 44.6 Å². The molecule has 4 heteroatoms. The molecule has 1 unspecified atom stereocenters. The molecule has 118 valence electrons. The van der Waals surface area contributed by atoms with E-state index in [-0.39, 0.29) is 5.91 Å². The van der Waals surface area contributed by atoms with Crippen LogP contribution < -0.4 is 11.1 Å². The van der Waals surface area contributed by atoms with E-state index in [9.17, 15) is 4.79 Å². The Morgan fingerprint density at radius 2 is 2.05 bits per heavy atom. The van der Waals surface area contributed by atoms with E-state index < -0.39 is 0 Å². The van der Waals surface area contributed by atoms with Gasteiger partial charge in [0.05, 0.1) is 6.10 Å². The van der Waals surface area contributed by atoms with Crippen molar-refractivity contribution in [3.8, 4) is 0 Å². The first-order chi connectivity index (χ1) is 9.72. The summed E-state index contributed by atoms with van der Waals surface area (Å²) in [4.78, 5) is 11.6. The second-order valence-electron chi connectivity index (χ2n) is 6.06. The normalized spacial score (nSPS) is 17.9. The van der Waals surface area contributed by atoms with Crippen molar-refractivity contribution in [1.29, 1.82) is 0 Å². The molecule has 0 spiro atoms. The largest absolute Gasteiger partial charge is 0.378 e. The van der Waals surface area contributed by atoms with Gasteiger partial charge in [0.2, 0.25) is 5.91 Å². The fourth-order valence-electron chi connectivity index (χ4n) is 2.68. The zero-order chi connectivity index (χ0) is 14.6. The Hall–Kier alpha value is -0.610. The number of nitrogens with one attached hydrogen (secondary N) is 1.